The van der Waals surface area contributed by atoms with Crippen LogP contribution in [0.1, 0.15) is 22.1 Å². The topological polar surface area (TPSA) is 95.8 Å². The molecule has 1 aliphatic heterocycles. The molecule has 0 aliphatic carbocycles. The van der Waals surface area contributed by atoms with E-state index >= 15 is 0 Å². The molecule has 1 N–H and O–H groups in total. The summed E-state index contributed by atoms with van der Waals surface area (Å²) in [6, 6.07) is 13.1. The molecule has 1 aliphatic rings. The van der Waals surface area contributed by atoms with Crippen LogP contribution in [0.4, 0.5) is 11.4 Å². The lowest BCUT2D eigenvalue weighted by atomic mass is 10.0. The third-order valence-corrected chi connectivity index (χ3v) is 4.40. The summed E-state index contributed by atoms with van der Waals surface area (Å²) in [6.07, 6.45) is -0.630. The standard InChI is InChI=1S/C18H18N4O4/c1-19-16(23)11-21-15-9-4-3-8-14(15)18(24)20(2)17(21)12-6-5-7-13(10-12)22(25)26/h3-10,17H,11H2,1-2H3,(H,19,23)/t17-/m0/s1. The van der Waals surface area contributed by atoms with E-state index in [1.165, 1.54) is 24.1 Å². The average Bonchev–Trinajstić information content (AvgIpc) is 2.66. The molecule has 3 rings (SSSR count). The van der Waals surface area contributed by atoms with Gasteiger partial charge >= 0.3 is 0 Å². The van der Waals surface area contributed by atoms with Gasteiger partial charge in [-0.3, -0.25) is 19.7 Å². The van der Waals surface area contributed by atoms with Crippen LogP contribution >= 0.6 is 0 Å². The van der Waals surface area contributed by atoms with Gasteiger partial charge in [-0.2, -0.15) is 0 Å². The number of nitrogens with one attached hydrogen (secondary N) is 1. The summed E-state index contributed by atoms with van der Waals surface area (Å²) in [5, 5.41) is 13.7. The summed E-state index contributed by atoms with van der Waals surface area (Å²) in [7, 11) is 3.16. The highest BCUT2D eigenvalue weighted by Gasteiger charge is 2.37. The minimum atomic E-state index is -0.630. The third-order valence-electron chi connectivity index (χ3n) is 4.40. The first-order chi connectivity index (χ1) is 12.4. The maximum Gasteiger partial charge on any atom is 0.269 e. The average molecular weight is 354 g/mol. The molecule has 0 fully saturated rings. The zero-order valence-corrected chi connectivity index (χ0v) is 14.4. The minimum Gasteiger partial charge on any atom is -0.358 e. The number of hydrogen-bond acceptors (Lipinski definition) is 5. The Morgan fingerprint density at radius 1 is 1.23 bits per heavy atom. The Balaban J connectivity index is 2.14. The molecule has 134 valence electrons. The maximum absolute atomic E-state index is 12.8. The van der Waals surface area contributed by atoms with Gasteiger partial charge in [0.25, 0.3) is 11.6 Å². The second-order valence-electron chi connectivity index (χ2n) is 5.96. The SMILES string of the molecule is CNC(=O)CN1c2ccccc2C(=O)N(C)[C@@H]1c1cccc([N+](=O)[O-])c1. The molecule has 0 aromatic heterocycles. The number of likely N-dealkylation sites (N-methyl/N-ethyl adjacent to an activating group) is 1. The van der Waals surface area contributed by atoms with Crippen molar-refractivity contribution in [1.82, 2.24) is 10.2 Å². The fraction of sp³-hybridized carbons (Fsp3) is 0.222. The summed E-state index contributed by atoms with van der Waals surface area (Å²) in [5.74, 6) is -0.428. The number of carbonyl (C=O) groups is 2. The molecule has 0 unspecified atom stereocenters. The summed E-state index contributed by atoms with van der Waals surface area (Å²) < 4.78 is 0. The van der Waals surface area contributed by atoms with Gasteiger partial charge in [0.2, 0.25) is 5.91 Å². The smallest absolute Gasteiger partial charge is 0.269 e. The number of hydrogen-bond donors (Lipinski definition) is 1. The molecule has 2 amide bonds. The molecule has 0 saturated heterocycles. The molecule has 26 heavy (non-hydrogen) atoms. The quantitative estimate of drug-likeness (QED) is 0.669. The zero-order valence-electron chi connectivity index (χ0n) is 14.4. The Bertz CT molecular complexity index is 883. The van der Waals surface area contributed by atoms with Gasteiger partial charge in [0.15, 0.2) is 0 Å². The van der Waals surface area contributed by atoms with Gasteiger partial charge in [-0.15, -0.1) is 0 Å². The highest BCUT2D eigenvalue weighted by Crippen LogP contribution is 2.38. The lowest BCUT2D eigenvalue weighted by Crippen LogP contribution is -2.50. The van der Waals surface area contributed by atoms with Crippen molar-refractivity contribution in [3.63, 3.8) is 0 Å². The van der Waals surface area contributed by atoms with Crippen LogP contribution < -0.4 is 10.2 Å². The largest absolute Gasteiger partial charge is 0.358 e. The fourth-order valence-electron chi connectivity index (χ4n) is 3.15. The van der Waals surface area contributed by atoms with E-state index in [9.17, 15) is 19.7 Å². The zero-order chi connectivity index (χ0) is 18.8. The molecule has 1 atom stereocenters. The van der Waals surface area contributed by atoms with Crippen LogP contribution in [0.15, 0.2) is 48.5 Å². The Morgan fingerprint density at radius 3 is 2.65 bits per heavy atom. The Labute approximate surface area is 150 Å². The van der Waals surface area contributed by atoms with Crippen molar-refractivity contribution in [3.8, 4) is 0 Å². The minimum absolute atomic E-state index is 0.0124. The predicted molar refractivity (Wildman–Crippen MR) is 95.8 cm³/mol. The van der Waals surface area contributed by atoms with E-state index in [2.05, 4.69) is 5.32 Å². The molecular formula is C18H18N4O4. The van der Waals surface area contributed by atoms with Gasteiger partial charge in [0, 0.05) is 31.8 Å². The van der Waals surface area contributed by atoms with E-state index in [-0.39, 0.29) is 24.0 Å². The van der Waals surface area contributed by atoms with E-state index in [1.54, 1.807) is 48.3 Å². The summed E-state index contributed by atoms with van der Waals surface area (Å²) in [6.45, 7) is 0.0124. The summed E-state index contributed by atoms with van der Waals surface area (Å²) >= 11 is 0. The number of nitrogens with zero attached hydrogens (tertiary/aromatic N) is 3. The van der Waals surface area contributed by atoms with E-state index in [0.29, 0.717) is 16.8 Å². The predicted octanol–water partition coefficient (Wildman–Crippen LogP) is 1.93. The molecule has 0 spiro atoms. The first-order valence-electron chi connectivity index (χ1n) is 8.02. The molecule has 8 nitrogen and oxygen atoms in total. The summed E-state index contributed by atoms with van der Waals surface area (Å²) in [4.78, 5) is 38.8. The highest BCUT2D eigenvalue weighted by molar-refractivity contribution is 6.02. The lowest BCUT2D eigenvalue weighted by molar-refractivity contribution is -0.384. The normalized spacial score (nSPS) is 16.2. The van der Waals surface area contributed by atoms with E-state index in [0.717, 1.165) is 0 Å². The van der Waals surface area contributed by atoms with Crippen molar-refractivity contribution in [1.29, 1.82) is 0 Å². The number of benzene rings is 2. The van der Waals surface area contributed by atoms with Crippen molar-refractivity contribution < 1.29 is 14.5 Å². The second-order valence-corrected chi connectivity index (χ2v) is 5.96. The number of nitro groups is 1. The van der Waals surface area contributed by atoms with Gasteiger partial charge < -0.3 is 15.1 Å². The number of nitro benzene ring substituents is 1. The molecule has 0 bridgehead atoms. The molecule has 0 saturated carbocycles. The van der Waals surface area contributed by atoms with Crippen molar-refractivity contribution >= 4 is 23.2 Å². The van der Waals surface area contributed by atoms with Gasteiger partial charge in [-0.1, -0.05) is 24.3 Å². The van der Waals surface area contributed by atoms with Gasteiger partial charge in [-0.25, -0.2) is 0 Å². The van der Waals surface area contributed by atoms with Crippen LogP contribution in [0.5, 0.6) is 0 Å². The van der Waals surface area contributed by atoms with E-state index in [1.807, 2.05) is 0 Å². The molecule has 2 aromatic rings. The maximum atomic E-state index is 12.8. The fourth-order valence-corrected chi connectivity index (χ4v) is 3.15. The van der Waals surface area contributed by atoms with Crippen molar-refractivity contribution in [2.45, 2.75) is 6.17 Å². The van der Waals surface area contributed by atoms with Crippen LogP contribution in [0.3, 0.4) is 0 Å². The molecule has 1 heterocycles. The monoisotopic (exact) mass is 354 g/mol. The molecular weight excluding hydrogens is 336 g/mol. The highest BCUT2D eigenvalue weighted by atomic mass is 16.6. The number of amides is 2. The summed E-state index contributed by atoms with van der Waals surface area (Å²) in [5.41, 5.74) is 1.60. The lowest BCUT2D eigenvalue weighted by Gasteiger charge is -2.43. The van der Waals surface area contributed by atoms with Crippen molar-refractivity contribution in [2.75, 3.05) is 25.5 Å². The number of fused-ring (bicyclic) bond motifs is 1. The van der Waals surface area contributed by atoms with Crippen LogP contribution in [0.2, 0.25) is 0 Å². The van der Waals surface area contributed by atoms with Crippen molar-refractivity contribution in [2.24, 2.45) is 0 Å². The molecule has 2 aromatic carbocycles. The Morgan fingerprint density at radius 2 is 1.96 bits per heavy atom. The van der Waals surface area contributed by atoms with Crippen LogP contribution in [0.25, 0.3) is 0 Å². The van der Waals surface area contributed by atoms with Crippen LogP contribution in [0, 0.1) is 10.1 Å². The number of rotatable bonds is 4. The number of carbonyl (C=O) groups excluding carboxylic acids is 2. The third kappa shape index (κ3) is 2.97. The van der Waals surface area contributed by atoms with Gasteiger partial charge in [0.1, 0.15) is 6.17 Å². The molecule has 0 radical (unpaired) electrons. The Kier molecular flexibility index (Phi) is 4.57. The number of para-hydroxylation sites is 1. The number of anilines is 1. The first kappa shape index (κ1) is 17.4. The molecule has 8 heteroatoms. The Hall–Kier alpha value is -3.42. The van der Waals surface area contributed by atoms with E-state index in [4.69, 9.17) is 0 Å². The van der Waals surface area contributed by atoms with Gasteiger partial charge in [0.05, 0.1) is 22.7 Å². The van der Waals surface area contributed by atoms with E-state index < -0.39 is 11.1 Å². The van der Waals surface area contributed by atoms with Crippen molar-refractivity contribution in [3.05, 3.63) is 69.8 Å². The number of non-ortho nitro benzene ring substituents is 1. The van der Waals surface area contributed by atoms with Crippen LogP contribution in [-0.4, -0.2) is 42.3 Å². The van der Waals surface area contributed by atoms with Gasteiger partial charge in [-0.05, 0) is 12.1 Å². The second kappa shape index (κ2) is 6.83. The van der Waals surface area contributed by atoms with Crippen LogP contribution in [-0.2, 0) is 4.79 Å². The first-order valence-corrected chi connectivity index (χ1v) is 8.02.